The van der Waals surface area contributed by atoms with Gasteiger partial charge >= 0.3 is 11.6 Å². The number of methoxy groups -OCH3 is 1. The zero-order chi connectivity index (χ0) is 11.7. The van der Waals surface area contributed by atoms with Crippen molar-refractivity contribution in [3.8, 4) is 11.5 Å². The largest absolute Gasteiger partial charge is 0.482 e. The quantitative estimate of drug-likeness (QED) is 0.682. The van der Waals surface area contributed by atoms with Crippen LogP contribution >= 0.6 is 0 Å². The Kier molecular flexibility index (Phi) is 2.40. The molecule has 17 heavy (non-hydrogen) atoms. The lowest BCUT2D eigenvalue weighted by Crippen LogP contribution is -2.78. The van der Waals surface area contributed by atoms with E-state index in [1.165, 1.54) is 0 Å². The van der Waals surface area contributed by atoms with Crippen molar-refractivity contribution < 1.29 is 19.2 Å². The van der Waals surface area contributed by atoms with Gasteiger partial charge in [-0.3, -0.25) is 10.3 Å². The summed E-state index contributed by atoms with van der Waals surface area (Å²) in [7, 11) is 1.62. The van der Waals surface area contributed by atoms with Crippen LogP contribution in [0.15, 0.2) is 24.3 Å². The molecule has 1 unspecified atom stereocenters. The van der Waals surface area contributed by atoms with Gasteiger partial charge in [-0.15, -0.1) is 0 Å². The van der Waals surface area contributed by atoms with Gasteiger partial charge in [0.05, 0.1) is 0 Å². The Morgan fingerprint density at radius 1 is 1.35 bits per heavy atom. The molecule has 0 aliphatic carbocycles. The summed E-state index contributed by atoms with van der Waals surface area (Å²) in [5.74, 6) is 1.39. The number of hydrogen-bond acceptors (Lipinski definition) is 4. The van der Waals surface area contributed by atoms with Crippen molar-refractivity contribution in [3.63, 3.8) is 0 Å². The van der Waals surface area contributed by atoms with Gasteiger partial charge in [-0.05, 0) is 12.1 Å². The van der Waals surface area contributed by atoms with Crippen molar-refractivity contribution in [3.05, 3.63) is 24.3 Å². The molecule has 2 aliphatic rings. The number of rotatable bonds is 2. The van der Waals surface area contributed by atoms with E-state index in [4.69, 9.17) is 14.2 Å². The summed E-state index contributed by atoms with van der Waals surface area (Å²) in [6.45, 7) is 2.06. The lowest BCUT2D eigenvalue weighted by molar-refractivity contribution is -0.454. The molecule has 0 amide bonds. The van der Waals surface area contributed by atoms with E-state index < -0.39 is 5.79 Å². The number of ether oxygens (including phenoxy) is 3. The molecule has 5 heteroatoms. The molecule has 1 atom stereocenters. The first-order chi connectivity index (χ1) is 8.34. The van der Waals surface area contributed by atoms with E-state index in [9.17, 15) is 0 Å². The van der Waals surface area contributed by atoms with Crippen LogP contribution in [0.1, 0.15) is 0 Å². The van der Waals surface area contributed by atoms with E-state index in [0.717, 1.165) is 24.7 Å². The third kappa shape index (κ3) is 1.63. The standard InChI is InChI=1S/C12H14N2O3/c1-15-12(11-13-6-7-14-11)8-16-9-4-2-3-5-10(9)17-12/h2-5H,6-8H2,1H3,(H,13,14)/p+1. The summed E-state index contributed by atoms with van der Waals surface area (Å²) >= 11 is 0. The zero-order valence-electron chi connectivity index (χ0n) is 9.66. The van der Waals surface area contributed by atoms with Crippen molar-refractivity contribution in [1.29, 1.82) is 0 Å². The summed E-state index contributed by atoms with van der Waals surface area (Å²) < 4.78 is 17.1. The van der Waals surface area contributed by atoms with E-state index in [1.54, 1.807) is 7.11 Å². The second-order valence-electron chi connectivity index (χ2n) is 4.02. The SMILES string of the molecule is COC1(C2=[NH+]CCN2)COc2ccccc2O1. The minimum atomic E-state index is -0.884. The maximum absolute atomic E-state index is 5.94. The van der Waals surface area contributed by atoms with Crippen LogP contribution in [0, 0.1) is 0 Å². The number of hydrogen-bond donors (Lipinski definition) is 2. The average molecular weight is 235 g/mol. The fourth-order valence-electron chi connectivity index (χ4n) is 2.07. The van der Waals surface area contributed by atoms with Crippen molar-refractivity contribution in [2.45, 2.75) is 5.79 Å². The summed E-state index contributed by atoms with van der Waals surface area (Å²) in [5, 5.41) is 3.22. The molecule has 90 valence electrons. The number of benzene rings is 1. The van der Waals surface area contributed by atoms with Crippen LogP contribution in [0.3, 0.4) is 0 Å². The molecular formula is C12H15N2O3+. The van der Waals surface area contributed by atoms with Crippen LogP contribution < -0.4 is 19.8 Å². The smallest absolute Gasteiger partial charge is 0.348 e. The summed E-state index contributed by atoms with van der Waals surface area (Å²) in [6.07, 6.45) is 0. The molecule has 0 aromatic heterocycles. The van der Waals surface area contributed by atoms with Crippen molar-refractivity contribution >= 4 is 5.84 Å². The maximum Gasteiger partial charge on any atom is 0.348 e. The van der Waals surface area contributed by atoms with Gasteiger partial charge in [0.2, 0.25) is 0 Å². The molecular weight excluding hydrogens is 220 g/mol. The van der Waals surface area contributed by atoms with E-state index in [1.807, 2.05) is 24.3 Å². The highest BCUT2D eigenvalue weighted by molar-refractivity contribution is 5.85. The van der Waals surface area contributed by atoms with Crippen LogP contribution in [0.2, 0.25) is 0 Å². The normalized spacial score (nSPS) is 26.3. The van der Waals surface area contributed by atoms with Gasteiger partial charge in [-0.2, -0.15) is 0 Å². The molecule has 2 aliphatic heterocycles. The highest BCUT2D eigenvalue weighted by atomic mass is 16.7. The van der Waals surface area contributed by atoms with Gasteiger partial charge in [0, 0.05) is 7.11 Å². The Bertz CT molecular complexity index is 461. The van der Waals surface area contributed by atoms with Gasteiger partial charge in [-0.1, -0.05) is 12.1 Å². The van der Waals surface area contributed by atoms with Crippen LogP contribution in [0.25, 0.3) is 0 Å². The predicted octanol–water partition coefficient (Wildman–Crippen LogP) is -1.12. The molecule has 0 radical (unpaired) electrons. The lowest BCUT2D eigenvalue weighted by Gasteiger charge is -2.33. The Labute approximate surface area is 99.4 Å². The summed E-state index contributed by atoms with van der Waals surface area (Å²) in [6, 6.07) is 7.59. The Balaban J connectivity index is 1.94. The zero-order valence-corrected chi connectivity index (χ0v) is 9.66. The Morgan fingerprint density at radius 2 is 2.18 bits per heavy atom. The first kappa shape index (κ1) is 10.4. The molecule has 0 saturated carbocycles. The number of fused-ring (bicyclic) bond motifs is 1. The molecule has 1 aromatic carbocycles. The molecule has 3 rings (SSSR count). The first-order valence-corrected chi connectivity index (χ1v) is 5.65. The summed E-state index contributed by atoms with van der Waals surface area (Å²) in [5.41, 5.74) is 0. The summed E-state index contributed by atoms with van der Waals surface area (Å²) in [4.78, 5) is 3.22. The molecule has 5 nitrogen and oxygen atoms in total. The lowest BCUT2D eigenvalue weighted by atomic mass is 10.2. The maximum atomic E-state index is 5.94. The van der Waals surface area contributed by atoms with Gasteiger partial charge in [-0.25, -0.2) is 0 Å². The van der Waals surface area contributed by atoms with Crippen molar-refractivity contribution in [2.75, 3.05) is 26.8 Å². The predicted molar refractivity (Wildman–Crippen MR) is 61.1 cm³/mol. The van der Waals surface area contributed by atoms with Crippen LogP contribution in [-0.2, 0) is 4.74 Å². The van der Waals surface area contributed by atoms with Crippen LogP contribution in [-0.4, -0.2) is 38.4 Å². The molecule has 2 heterocycles. The fraction of sp³-hybridized carbons (Fsp3) is 0.417. The monoisotopic (exact) mass is 235 g/mol. The van der Waals surface area contributed by atoms with Gasteiger partial charge < -0.3 is 14.2 Å². The third-order valence-corrected chi connectivity index (χ3v) is 2.98. The van der Waals surface area contributed by atoms with Crippen molar-refractivity contribution in [2.24, 2.45) is 0 Å². The third-order valence-electron chi connectivity index (χ3n) is 2.98. The minimum Gasteiger partial charge on any atom is -0.482 e. The molecule has 2 N–H and O–H groups in total. The second-order valence-corrected chi connectivity index (χ2v) is 4.02. The van der Waals surface area contributed by atoms with E-state index in [2.05, 4.69) is 10.3 Å². The van der Waals surface area contributed by atoms with E-state index in [-0.39, 0.29) is 0 Å². The molecule has 0 bridgehead atoms. The topological polar surface area (TPSA) is 53.7 Å². The van der Waals surface area contributed by atoms with Crippen LogP contribution in [0.5, 0.6) is 11.5 Å². The first-order valence-electron chi connectivity index (χ1n) is 5.65. The highest BCUT2D eigenvalue weighted by Crippen LogP contribution is 2.35. The fourth-order valence-corrected chi connectivity index (χ4v) is 2.07. The molecule has 1 aromatic rings. The Morgan fingerprint density at radius 3 is 2.88 bits per heavy atom. The van der Waals surface area contributed by atoms with Gasteiger partial charge in [0.15, 0.2) is 18.1 Å². The average Bonchev–Trinajstić information content (AvgIpc) is 2.92. The number of para-hydroxylation sites is 2. The molecule has 0 spiro atoms. The molecule has 0 saturated heterocycles. The van der Waals surface area contributed by atoms with Gasteiger partial charge in [0.25, 0.3) is 0 Å². The van der Waals surface area contributed by atoms with Gasteiger partial charge in [0.1, 0.15) is 13.1 Å². The minimum absolute atomic E-state index is 0.329. The number of amidine groups is 1. The molecule has 0 fully saturated rings. The second kappa shape index (κ2) is 3.92. The Hall–Kier alpha value is -1.75. The van der Waals surface area contributed by atoms with E-state index >= 15 is 0 Å². The van der Waals surface area contributed by atoms with Crippen LogP contribution in [0.4, 0.5) is 0 Å². The number of nitrogens with one attached hydrogen (secondary N) is 2. The highest BCUT2D eigenvalue weighted by Gasteiger charge is 2.49. The van der Waals surface area contributed by atoms with Crippen molar-refractivity contribution in [1.82, 2.24) is 5.32 Å². The van der Waals surface area contributed by atoms with E-state index in [0.29, 0.717) is 12.4 Å².